The van der Waals surface area contributed by atoms with Gasteiger partial charge in [0.1, 0.15) is 0 Å². The highest BCUT2D eigenvalue weighted by atomic mass is 79.9. The van der Waals surface area contributed by atoms with Crippen LogP contribution in [0.5, 0.6) is 0 Å². The molecule has 1 nitrogen and oxygen atoms in total. The summed E-state index contributed by atoms with van der Waals surface area (Å²) in [5.41, 5.74) is 3.83. The molecule has 96 valence electrons. The van der Waals surface area contributed by atoms with Crippen molar-refractivity contribution in [3.8, 4) is 5.69 Å². The first-order valence-corrected chi connectivity index (χ1v) is 8.00. The Kier molecular flexibility index (Phi) is 4.57. The third-order valence-corrected chi connectivity index (χ3v) is 5.61. The van der Waals surface area contributed by atoms with Crippen LogP contribution in [-0.4, -0.2) is 10.3 Å². The lowest BCUT2D eigenvalue weighted by molar-refractivity contribution is 0.952. The lowest BCUT2D eigenvalue weighted by Gasteiger charge is -2.09. The van der Waals surface area contributed by atoms with Gasteiger partial charge in [0.15, 0.2) is 0 Å². The van der Waals surface area contributed by atoms with Crippen LogP contribution in [0.3, 0.4) is 0 Å². The van der Waals surface area contributed by atoms with E-state index in [1.807, 2.05) is 11.8 Å². The number of para-hydroxylation sites is 1. The average molecular weight is 324 g/mol. The number of aromatic nitrogens is 1. The number of hydrogen-bond donors (Lipinski definition) is 0. The van der Waals surface area contributed by atoms with Crippen molar-refractivity contribution >= 4 is 27.7 Å². The molecule has 1 aromatic carbocycles. The monoisotopic (exact) mass is 323 g/mol. The molecule has 0 saturated heterocycles. The number of hydrogen-bond acceptors (Lipinski definition) is 1. The summed E-state index contributed by atoms with van der Waals surface area (Å²) in [5, 5.41) is 0. The molecule has 0 atom stereocenters. The minimum absolute atomic E-state index is 1.16. The van der Waals surface area contributed by atoms with Crippen LogP contribution in [0.4, 0.5) is 0 Å². The van der Waals surface area contributed by atoms with Gasteiger partial charge in [-0.2, -0.15) is 0 Å². The van der Waals surface area contributed by atoms with Crippen LogP contribution in [0.25, 0.3) is 5.69 Å². The summed E-state index contributed by atoms with van der Waals surface area (Å²) in [7, 11) is 0. The molecule has 2 rings (SSSR count). The number of benzene rings is 1. The fraction of sp³-hybridized carbons (Fsp3) is 0.333. The molecule has 18 heavy (non-hydrogen) atoms. The Hall–Kier alpha value is -0.670. The minimum atomic E-state index is 1.16. The standard InChI is InChI=1S/C15H18BrNS/c1-4-10-18-15-12(3)17(11(2)14(15)16)13-8-6-5-7-9-13/h5-9H,4,10H2,1-3H3. The average Bonchev–Trinajstić information content (AvgIpc) is 2.60. The lowest BCUT2D eigenvalue weighted by atomic mass is 10.3. The van der Waals surface area contributed by atoms with Crippen molar-refractivity contribution in [2.45, 2.75) is 32.1 Å². The van der Waals surface area contributed by atoms with E-state index in [-0.39, 0.29) is 0 Å². The molecule has 0 saturated carbocycles. The molecule has 0 N–H and O–H groups in total. The molecule has 3 heteroatoms. The molecule has 0 bridgehead atoms. The fourth-order valence-electron chi connectivity index (χ4n) is 2.11. The summed E-state index contributed by atoms with van der Waals surface area (Å²) in [4.78, 5) is 1.37. The van der Waals surface area contributed by atoms with Gasteiger partial charge in [-0.25, -0.2) is 0 Å². The third-order valence-electron chi connectivity index (χ3n) is 2.98. The van der Waals surface area contributed by atoms with Gasteiger partial charge < -0.3 is 4.57 Å². The highest BCUT2D eigenvalue weighted by Crippen LogP contribution is 2.37. The van der Waals surface area contributed by atoms with Crippen molar-refractivity contribution in [3.63, 3.8) is 0 Å². The third kappa shape index (κ3) is 2.52. The van der Waals surface area contributed by atoms with E-state index < -0.39 is 0 Å². The molecule has 0 fully saturated rings. The van der Waals surface area contributed by atoms with Crippen LogP contribution in [0, 0.1) is 13.8 Å². The summed E-state index contributed by atoms with van der Waals surface area (Å²) in [6.07, 6.45) is 1.20. The van der Waals surface area contributed by atoms with Crippen LogP contribution in [0.2, 0.25) is 0 Å². The highest BCUT2D eigenvalue weighted by Gasteiger charge is 2.16. The summed E-state index contributed by atoms with van der Waals surface area (Å²) >= 11 is 5.67. The Morgan fingerprint density at radius 1 is 1.11 bits per heavy atom. The molecule has 0 radical (unpaired) electrons. The normalized spacial score (nSPS) is 10.9. The zero-order chi connectivity index (χ0) is 13.1. The van der Waals surface area contributed by atoms with Gasteiger partial charge in [0.2, 0.25) is 0 Å². The first kappa shape index (κ1) is 13.8. The van der Waals surface area contributed by atoms with Crippen LogP contribution in [0.1, 0.15) is 24.7 Å². The molecule has 0 unspecified atom stereocenters. The summed E-state index contributed by atoms with van der Waals surface area (Å²) in [6.45, 7) is 6.58. The quantitative estimate of drug-likeness (QED) is 0.686. The first-order chi connectivity index (χ1) is 8.66. The first-order valence-electron chi connectivity index (χ1n) is 6.22. The van der Waals surface area contributed by atoms with Crippen molar-refractivity contribution in [3.05, 3.63) is 46.2 Å². The molecule has 2 aromatic rings. The summed E-state index contributed by atoms with van der Waals surface area (Å²) < 4.78 is 3.56. The van der Waals surface area contributed by atoms with E-state index in [1.165, 1.54) is 32.9 Å². The van der Waals surface area contributed by atoms with Crippen molar-refractivity contribution in [2.75, 3.05) is 5.75 Å². The second-order valence-electron chi connectivity index (χ2n) is 4.33. The Morgan fingerprint density at radius 2 is 1.78 bits per heavy atom. The van der Waals surface area contributed by atoms with E-state index in [0.29, 0.717) is 0 Å². The topological polar surface area (TPSA) is 4.93 Å². The van der Waals surface area contributed by atoms with E-state index in [9.17, 15) is 0 Å². The molecule has 0 aliphatic rings. The van der Waals surface area contributed by atoms with Gasteiger partial charge >= 0.3 is 0 Å². The van der Waals surface area contributed by atoms with Gasteiger partial charge in [0, 0.05) is 22.0 Å². The molecule has 0 spiro atoms. The van der Waals surface area contributed by atoms with Crippen molar-refractivity contribution in [2.24, 2.45) is 0 Å². The van der Waals surface area contributed by atoms with Crippen molar-refractivity contribution < 1.29 is 0 Å². The largest absolute Gasteiger partial charge is 0.316 e. The zero-order valence-electron chi connectivity index (χ0n) is 11.0. The van der Waals surface area contributed by atoms with Crippen LogP contribution in [0.15, 0.2) is 39.7 Å². The van der Waals surface area contributed by atoms with E-state index in [0.717, 1.165) is 5.75 Å². The molecule has 0 amide bonds. The summed E-state index contributed by atoms with van der Waals surface area (Å²) in [6, 6.07) is 10.5. The molecule has 1 heterocycles. The van der Waals surface area contributed by atoms with Gasteiger partial charge in [-0.05, 0) is 54.1 Å². The van der Waals surface area contributed by atoms with E-state index in [4.69, 9.17) is 0 Å². The number of nitrogens with zero attached hydrogens (tertiary/aromatic N) is 1. The number of rotatable bonds is 4. The van der Waals surface area contributed by atoms with Crippen molar-refractivity contribution in [1.82, 2.24) is 4.57 Å². The van der Waals surface area contributed by atoms with E-state index >= 15 is 0 Å². The van der Waals surface area contributed by atoms with Crippen LogP contribution < -0.4 is 0 Å². The molecular weight excluding hydrogens is 306 g/mol. The Morgan fingerprint density at radius 3 is 2.39 bits per heavy atom. The molecule has 0 aliphatic carbocycles. The Labute approximate surface area is 122 Å². The van der Waals surface area contributed by atoms with Gasteiger partial charge in [-0.15, -0.1) is 11.8 Å². The van der Waals surface area contributed by atoms with Gasteiger partial charge in [0.25, 0.3) is 0 Å². The Bertz CT molecular complexity index is 531. The smallest absolute Gasteiger partial charge is 0.0524 e. The maximum atomic E-state index is 3.74. The van der Waals surface area contributed by atoms with Gasteiger partial charge in [-0.1, -0.05) is 25.1 Å². The van der Waals surface area contributed by atoms with Crippen LogP contribution in [-0.2, 0) is 0 Å². The molecule has 0 aliphatic heterocycles. The van der Waals surface area contributed by atoms with Gasteiger partial charge in [-0.3, -0.25) is 0 Å². The molecular formula is C15H18BrNS. The van der Waals surface area contributed by atoms with E-state index in [1.54, 1.807) is 0 Å². The second-order valence-corrected chi connectivity index (χ2v) is 6.23. The molecule has 1 aromatic heterocycles. The van der Waals surface area contributed by atoms with E-state index in [2.05, 4.69) is 71.6 Å². The number of halogens is 1. The Balaban J connectivity index is 2.49. The maximum absolute atomic E-state index is 3.74. The van der Waals surface area contributed by atoms with Crippen molar-refractivity contribution in [1.29, 1.82) is 0 Å². The fourth-order valence-corrected chi connectivity index (χ4v) is 3.90. The zero-order valence-corrected chi connectivity index (χ0v) is 13.4. The second kappa shape index (κ2) is 5.98. The lowest BCUT2D eigenvalue weighted by Crippen LogP contribution is -1.98. The predicted octanol–water partition coefficient (Wildman–Crippen LogP) is 5.36. The SMILES string of the molecule is CCCSc1c(Br)c(C)n(-c2ccccc2)c1C. The predicted molar refractivity (Wildman–Crippen MR) is 84.0 cm³/mol. The summed E-state index contributed by atoms with van der Waals surface area (Å²) in [5.74, 6) is 1.16. The van der Waals surface area contributed by atoms with Crippen LogP contribution >= 0.6 is 27.7 Å². The maximum Gasteiger partial charge on any atom is 0.0524 e. The highest BCUT2D eigenvalue weighted by molar-refractivity contribution is 9.10. The minimum Gasteiger partial charge on any atom is -0.316 e. The number of thioether (sulfide) groups is 1. The van der Waals surface area contributed by atoms with Gasteiger partial charge in [0.05, 0.1) is 4.47 Å².